The summed E-state index contributed by atoms with van der Waals surface area (Å²) in [5.74, 6) is -0.161. The number of aliphatic hydroxyl groups is 1. The van der Waals surface area contributed by atoms with E-state index in [4.69, 9.17) is 14.2 Å². The van der Waals surface area contributed by atoms with Crippen molar-refractivity contribution in [3.05, 3.63) is 125 Å². The van der Waals surface area contributed by atoms with Gasteiger partial charge in [-0.05, 0) is 54.8 Å². The van der Waals surface area contributed by atoms with Crippen molar-refractivity contribution >= 4 is 16.0 Å². The zero-order valence-corrected chi connectivity index (χ0v) is 23.7. The number of carbonyl (C=O) groups excluding carboxylic acids is 1. The molecule has 0 amide bonds. The Balaban J connectivity index is 1.63. The van der Waals surface area contributed by atoms with Crippen molar-refractivity contribution in [1.82, 2.24) is 4.72 Å². The second-order valence-corrected chi connectivity index (χ2v) is 11.1. The number of rotatable bonds is 13. The van der Waals surface area contributed by atoms with Gasteiger partial charge in [-0.25, -0.2) is 8.42 Å². The molecule has 0 aliphatic rings. The molecule has 2 atom stereocenters. The Bertz CT molecular complexity index is 1530. The van der Waals surface area contributed by atoms with Crippen LogP contribution in [0.1, 0.15) is 35.3 Å². The van der Waals surface area contributed by atoms with Crippen molar-refractivity contribution in [2.75, 3.05) is 6.61 Å². The maximum atomic E-state index is 13.1. The third-order valence-corrected chi connectivity index (χ3v) is 7.71. The van der Waals surface area contributed by atoms with Crippen LogP contribution in [0.25, 0.3) is 0 Å². The number of sulfonamides is 1. The highest BCUT2D eigenvalue weighted by Crippen LogP contribution is 2.33. The molecular weight excluding hydrogens is 542 g/mol. The maximum absolute atomic E-state index is 13.1. The van der Waals surface area contributed by atoms with Gasteiger partial charge in [-0.15, -0.1) is 0 Å². The molecule has 9 heteroatoms. The summed E-state index contributed by atoms with van der Waals surface area (Å²) >= 11 is 0. The first-order chi connectivity index (χ1) is 19.8. The van der Waals surface area contributed by atoms with Crippen LogP contribution in [0.3, 0.4) is 0 Å². The number of hydrogen-bond acceptors (Lipinski definition) is 7. The van der Waals surface area contributed by atoms with Crippen molar-refractivity contribution in [2.24, 2.45) is 0 Å². The minimum Gasteiger partial charge on any atom is -0.485 e. The number of esters is 1. The number of aliphatic hydroxyl groups excluding tert-OH is 1. The molecule has 0 aliphatic carbocycles. The highest BCUT2D eigenvalue weighted by Gasteiger charge is 2.34. The summed E-state index contributed by atoms with van der Waals surface area (Å²) in [7, 11) is -4.16. The summed E-state index contributed by atoms with van der Waals surface area (Å²) in [6, 6.07) is 28.4. The van der Waals surface area contributed by atoms with Gasteiger partial charge in [-0.3, -0.25) is 4.79 Å². The van der Waals surface area contributed by atoms with Gasteiger partial charge in [-0.2, -0.15) is 4.72 Å². The highest BCUT2D eigenvalue weighted by molar-refractivity contribution is 7.89. The van der Waals surface area contributed by atoms with E-state index < -0.39 is 28.1 Å². The lowest BCUT2D eigenvalue weighted by Crippen LogP contribution is -2.45. The number of nitrogens with one attached hydrogen (secondary N) is 1. The molecule has 0 radical (unpaired) electrons. The Morgan fingerprint density at radius 3 is 1.93 bits per heavy atom. The summed E-state index contributed by atoms with van der Waals surface area (Å²) in [5.41, 5.74) is 2.99. The fourth-order valence-corrected chi connectivity index (χ4v) is 5.22. The van der Waals surface area contributed by atoms with Crippen molar-refractivity contribution in [2.45, 2.75) is 44.1 Å². The molecule has 4 rings (SSSR count). The van der Waals surface area contributed by atoms with E-state index in [1.807, 2.05) is 67.6 Å². The average molecular weight is 576 g/mol. The van der Waals surface area contributed by atoms with Crippen LogP contribution >= 0.6 is 0 Å². The molecule has 0 fully saturated rings. The average Bonchev–Trinajstić information content (AvgIpc) is 2.99. The Morgan fingerprint density at radius 1 is 0.805 bits per heavy atom. The molecule has 0 heterocycles. The molecule has 0 spiro atoms. The minimum atomic E-state index is -4.16. The highest BCUT2D eigenvalue weighted by atomic mass is 32.2. The van der Waals surface area contributed by atoms with E-state index in [2.05, 4.69) is 4.72 Å². The van der Waals surface area contributed by atoms with E-state index in [1.54, 1.807) is 37.3 Å². The zero-order valence-electron chi connectivity index (χ0n) is 22.9. The smallest absolute Gasteiger partial charge is 0.327 e. The Morgan fingerprint density at radius 2 is 1.37 bits per heavy atom. The van der Waals surface area contributed by atoms with E-state index in [1.165, 1.54) is 12.1 Å². The first-order valence-electron chi connectivity index (χ1n) is 13.2. The van der Waals surface area contributed by atoms with Crippen molar-refractivity contribution in [3.8, 4) is 11.5 Å². The number of ether oxygens (including phenoxy) is 3. The first kappa shape index (κ1) is 29.8. The lowest BCUT2D eigenvalue weighted by molar-refractivity contribution is -0.148. The second kappa shape index (κ2) is 13.9. The molecule has 0 aliphatic heterocycles. The monoisotopic (exact) mass is 575 g/mol. The van der Waals surface area contributed by atoms with E-state index >= 15 is 0 Å². The molecule has 0 saturated carbocycles. The van der Waals surface area contributed by atoms with Crippen molar-refractivity contribution in [3.63, 3.8) is 0 Å². The molecule has 2 unspecified atom stereocenters. The zero-order chi connectivity index (χ0) is 29.2. The summed E-state index contributed by atoms with van der Waals surface area (Å²) in [6.07, 6.45) is -1.59. The van der Waals surface area contributed by atoms with Crippen LogP contribution < -0.4 is 14.2 Å². The standard InChI is InChI=1S/C32H33NO7S/c1-3-38-32(35)30(33-41(36,37)27-17-14-23(2)15-18-27)31(34)26-16-19-28(39-21-24-10-6-4-7-11-24)29(20-26)40-22-25-12-8-5-9-13-25/h4-20,30-31,33-34H,3,21-22H2,1-2H3. The predicted octanol–water partition coefficient (Wildman–Crippen LogP) is 5.10. The Kier molecular flexibility index (Phi) is 10.1. The molecule has 0 aromatic heterocycles. The van der Waals surface area contributed by atoms with Gasteiger partial charge in [0.15, 0.2) is 11.5 Å². The fourth-order valence-electron chi connectivity index (χ4n) is 4.03. The third-order valence-electron chi connectivity index (χ3n) is 6.25. The van der Waals surface area contributed by atoms with Crippen molar-refractivity contribution in [1.29, 1.82) is 0 Å². The Labute approximate surface area is 240 Å². The third kappa shape index (κ3) is 8.17. The van der Waals surface area contributed by atoms with Gasteiger partial charge in [0.2, 0.25) is 10.0 Å². The molecule has 0 bridgehead atoms. The number of benzene rings is 4. The largest absolute Gasteiger partial charge is 0.485 e. The second-order valence-electron chi connectivity index (χ2n) is 9.36. The molecule has 8 nitrogen and oxygen atoms in total. The molecule has 0 saturated heterocycles. The quantitative estimate of drug-likeness (QED) is 0.214. The van der Waals surface area contributed by atoms with Crippen LogP contribution in [0.2, 0.25) is 0 Å². The number of carbonyl (C=O) groups is 1. The molecular formula is C32H33NO7S. The summed E-state index contributed by atoms with van der Waals surface area (Å²) < 4.78 is 45.8. The minimum absolute atomic E-state index is 0.00597. The van der Waals surface area contributed by atoms with Crippen LogP contribution in [0.4, 0.5) is 0 Å². The van der Waals surface area contributed by atoms with Crippen LogP contribution in [0, 0.1) is 6.92 Å². The van der Waals surface area contributed by atoms with Crippen LogP contribution in [-0.2, 0) is 32.8 Å². The molecule has 4 aromatic carbocycles. The van der Waals surface area contributed by atoms with Gasteiger partial charge in [0.1, 0.15) is 25.4 Å². The van der Waals surface area contributed by atoms with Gasteiger partial charge in [0.25, 0.3) is 0 Å². The van der Waals surface area contributed by atoms with Gasteiger partial charge >= 0.3 is 5.97 Å². The van der Waals surface area contributed by atoms with Gasteiger partial charge in [-0.1, -0.05) is 84.4 Å². The SMILES string of the molecule is CCOC(=O)C(NS(=O)(=O)c1ccc(C)cc1)C(O)c1ccc(OCc2ccccc2)c(OCc2ccccc2)c1. The van der Waals surface area contributed by atoms with Crippen LogP contribution in [-0.4, -0.2) is 32.1 Å². The fraction of sp³-hybridized carbons (Fsp3) is 0.219. The lowest BCUT2D eigenvalue weighted by Gasteiger charge is -2.24. The predicted molar refractivity (Wildman–Crippen MR) is 155 cm³/mol. The molecule has 41 heavy (non-hydrogen) atoms. The van der Waals surface area contributed by atoms with Crippen LogP contribution in [0.5, 0.6) is 11.5 Å². The van der Waals surface area contributed by atoms with E-state index in [-0.39, 0.29) is 30.3 Å². The normalized spacial score (nSPS) is 12.8. The molecule has 4 aromatic rings. The van der Waals surface area contributed by atoms with Gasteiger partial charge in [0, 0.05) is 0 Å². The van der Waals surface area contributed by atoms with E-state index in [9.17, 15) is 18.3 Å². The van der Waals surface area contributed by atoms with Crippen molar-refractivity contribution < 1.29 is 32.5 Å². The Hall–Kier alpha value is -4.18. The summed E-state index contributed by atoms with van der Waals surface area (Å²) in [5, 5.41) is 11.3. The van der Waals surface area contributed by atoms with E-state index in [0.717, 1.165) is 16.7 Å². The number of aryl methyl sites for hydroxylation is 1. The first-order valence-corrected chi connectivity index (χ1v) is 14.7. The topological polar surface area (TPSA) is 111 Å². The van der Waals surface area contributed by atoms with Gasteiger partial charge < -0.3 is 19.3 Å². The number of hydrogen-bond donors (Lipinski definition) is 2. The summed E-state index contributed by atoms with van der Waals surface area (Å²) in [6.45, 7) is 3.95. The lowest BCUT2D eigenvalue weighted by atomic mass is 10.0. The summed E-state index contributed by atoms with van der Waals surface area (Å²) in [4.78, 5) is 12.8. The molecule has 214 valence electrons. The maximum Gasteiger partial charge on any atom is 0.327 e. The van der Waals surface area contributed by atoms with Crippen LogP contribution in [0.15, 0.2) is 108 Å². The van der Waals surface area contributed by atoms with E-state index in [0.29, 0.717) is 11.5 Å². The van der Waals surface area contributed by atoms with Gasteiger partial charge in [0.05, 0.1) is 11.5 Å². The molecule has 2 N–H and O–H groups in total.